The summed E-state index contributed by atoms with van der Waals surface area (Å²) in [4.78, 5) is 12.1. The molecule has 2 aromatic rings. The summed E-state index contributed by atoms with van der Waals surface area (Å²) in [5.41, 5.74) is 0.900. The van der Waals surface area contributed by atoms with E-state index in [2.05, 4.69) is 0 Å². The largest absolute Gasteiger partial charge is 0.504 e. The van der Waals surface area contributed by atoms with Crippen LogP contribution in [0.4, 0.5) is 0 Å². The van der Waals surface area contributed by atoms with Gasteiger partial charge in [-0.15, -0.1) is 0 Å². The maximum atomic E-state index is 12.1. The molecule has 23 heavy (non-hydrogen) atoms. The van der Waals surface area contributed by atoms with Gasteiger partial charge in [-0.05, 0) is 12.2 Å². The minimum atomic E-state index is -0.179. The number of ether oxygens (including phenoxy) is 3. The lowest BCUT2D eigenvalue weighted by molar-refractivity contribution is 0.104. The average molecular weight is 314 g/mol. The molecular weight excluding hydrogens is 296 g/mol. The van der Waals surface area contributed by atoms with Crippen molar-refractivity contribution in [1.82, 2.24) is 0 Å². The summed E-state index contributed by atoms with van der Waals surface area (Å²) in [5.74, 6) is 0.563. The molecular formula is C18H18O5. The lowest BCUT2D eigenvalue weighted by Crippen LogP contribution is -1.97. The summed E-state index contributed by atoms with van der Waals surface area (Å²) in [5, 5.41) is 10.3. The van der Waals surface area contributed by atoms with E-state index in [0.717, 1.165) is 0 Å². The number of phenols is 1. The number of benzene rings is 2. The van der Waals surface area contributed by atoms with Gasteiger partial charge in [-0.25, -0.2) is 0 Å². The lowest BCUT2D eigenvalue weighted by Gasteiger charge is -2.14. The first-order chi connectivity index (χ1) is 11.1. The Balaban J connectivity index is 2.42. The van der Waals surface area contributed by atoms with Crippen LogP contribution in [0.2, 0.25) is 0 Å². The van der Waals surface area contributed by atoms with Gasteiger partial charge in [-0.2, -0.15) is 0 Å². The minimum Gasteiger partial charge on any atom is -0.504 e. The van der Waals surface area contributed by atoms with Gasteiger partial charge in [0.25, 0.3) is 0 Å². The van der Waals surface area contributed by atoms with Crippen LogP contribution in [0, 0.1) is 0 Å². The third kappa shape index (κ3) is 3.45. The van der Waals surface area contributed by atoms with Gasteiger partial charge in [0.1, 0.15) is 5.75 Å². The molecule has 0 amide bonds. The summed E-state index contributed by atoms with van der Waals surface area (Å²) in [6.07, 6.45) is 2.87. The molecule has 0 spiro atoms. The minimum absolute atomic E-state index is 0.152. The van der Waals surface area contributed by atoms with Crippen LogP contribution in [0.5, 0.6) is 23.0 Å². The van der Waals surface area contributed by atoms with Crippen molar-refractivity contribution in [2.75, 3.05) is 21.3 Å². The highest BCUT2D eigenvalue weighted by molar-refractivity contribution is 6.07. The number of carbonyl (C=O) groups excluding carboxylic acids is 1. The van der Waals surface area contributed by atoms with E-state index >= 15 is 0 Å². The SMILES string of the molecule is COc1cc(OC)c(OC)c(O)c1C=CC(=O)c1ccccc1. The fourth-order valence-corrected chi connectivity index (χ4v) is 2.15. The van der Waals surface area contributed by atoms with Crippen molar-refractivity contribution >= 4 is 11.9 Å². The third-order valence-corrected chi connectivity index (χ3v) is 3.33. The molecule has 0 aliphatic heterocycles. The normalized spacial score (nSPS) is 10.6. The van der Waals surface area contributed by atoms with Crippen LogP contribution < -0.4 is 14.2 Å². The molecule has 0 saturated heterocycles. The molecule has 5 nitrogen and oxygen atoms in total. The highest BCUT2D eigenvalue weighted by atomic mass is 16.5. The van der Waals surface area contributed by atoms with E-state index in [1.807, 2.05) is 6.07 Å². The third-order valence-electron chi connectivity index (χ3n) is 3.33. The first kappa shape index (κ1) is 16.4. The van der Waals surface area contributed by atoms with Gasteiger partial charge in [0.15, 0.2) is 17.3 Å². The number of rotatable bonds is 6. The summed E-state index contributed by atoms with van der Waals surface area (Å²) in [6, 6.07) is 10.4. The first-order valence-corrected chi connectivity index (χ1v) is 6.91. The van der Waals surface area contributed by atoms with E-state index in [9.17, 15) is 9.90 Å². The van der Waals surface area contributed by atoms with Crippen LogP contribution in [0.1, 0.15) is 15.9 Å². The number of phenolic OH excluding ortho intramolecular Hbond substituents is 1. The molecule has 0 unspecified atom stereocenters. The molecule has 0 atom stereocenters. The number of hydrogen-bond donors (Lipinski definition) is 1. The summed E-state index contributed by atoms with van der Waals surface area (Å²) in [6.45, 7) is 0. The van der Waals surface area contributed by atoms with Crippen LogP contribution in [0.3, 0.4) is 0 Å². The molecule has 1 N–H and O–H groups in total. The van der Waals surface area contributed by atoms with E-state index in [0.29, 0.717) is 22.6 Å². The summed E-state index contributed by atoms with van der Waals surface area (Å²) >= 11 is 0. The van der Waals surface area contributed by atoms with Gasteiger partial charge >= 0.3 is 0 Å². The average Bonchev–Trinajstić information content (AvgIpc) is 2.60. The number of aromatic hydroxyl groups is 1. The number of carbonyl (C=O) groups is 1. The second kappa shape index (κ2) is 7.35. The van der Waals surface area contributed by atoms with Crippen LogP contribution in [-0.2, 0) is 0 Å². The maximum absolute atomic E-state index is 12.1. The van der Waals surface area contributed by atoms with Gasteiger partial charge in [0.2, 0.25) is 5.75 Å². The zero-order chi connectivity index (χ0) is 16.8. The Bertz CT molecular complexity index is 720. The maximum Gasteiger partial charge on any atom is 0.203 e. The highest BCUT2D eigenvalue weighted by Crippen LogP contribution is 2.44. The van der Waals surface area contributed by atoms with Crippen LogP contribution in [0.15, 0.2) is 42.5 Å². The first-order valence-electron chi connectivity index (χ1n) is 6.91. The number of methoxy groups -OCH3 is 3. The molecule has 0 aliphatic rings. The van der Waals surface area contributed by atoms with E-state index in [-0.39, 0.29) is 17.3 Å². The Kier molecular flexibility index (Phi) is 5.25. The fraction of sp³-hybridized carbons (Fsp3) is 0.167. The molecule has 2 rings (SSSR count). The zero-order valence-electron chi connectivity index (χ0n) is 13.2. The van der Waals surface area contributed by atoms with Crippen molar-refractivity contribution < 1.29 is 24.1 Å². The molecule has 0 saturated carbocycles. The van der Waals surface area contributed by atoms with Gasteiger partial charge in [0, 0.05) is 11.6 Å². The molecule has 0 fully saturated rings. The monoisotopic (exact) mass is 314 g/mol. The second-order valence-electron chi connectivity index (χ2n) is 4.64. The molecule has 0 aliphatic carbocycles. The van der Waals surface area contributed by atoms with E-state index < -0.39 is 0 Å². The number of hydrogen-bond acceptors (Lipinski definition) is 5. The van der Waals surface area contributed by atoms with E-state index in [1.165, 1.54) is 33.5 Å². The van der Waals surface area contributed by atoms with Gasteiger partial charge in [-0.1, -0.05) is 30.3 Å². The van der Waals surface area contributed by atoms with Crippen molar-refractivity contribution in [2.24, 2.45) is 0 Å². The Morgan fingerprint density at radius 2 is 1.65 bits per heavy atom. The molecule has 2 aromatic carbocycles. The Labute approximate surface area is 134 Å². The van der Waals surface area contributed by atoms with Crippen molar-refractivity contribution in [3.63, 3.8) is 0 Å². The van der Waals surface area contributed by atoms with Gasteiger partial charge < -0.3 is 19.3 Å². The Hall–Kier alpha value is -2.95. The predicted molar refractivity (Wildman–Crippen MR) is 87.6 cm³/mol. The summed E-state index contributed by atoms with van der Waals surface area (Å²) in [7, 11) is 4.36. The van der Waals surface area contributed by atoms with Crippen LogP contribution >= 0.6 is 0 Å². The Morgan fingerprint density at radius 1 is 1.00 bits per heavy atom. The number of allylic oxidation sites excluding steroid dienone is 1. The molecule has 0 heterocycles. The second-order valence-corrected chi connectivity index (χ2v) is 4.64. The van der Waals surface area contributed by atoms with Crippen molar-refractivity contribution in [2.45, 2.75) is 0 Å². The van der Waals surface area contributed by atoms with Crippen LogP contribution in [-0.4, -0.2) is 32.2 Å². The molecule has 5 heteroatoms. The molecule has 0 aromatic heterocycles. The smallest absolute Gasteiger partial charge is 0.203 e. The standard InChI is InChI=1S/C18H18O5/c1-21-15-11-16(22-2)18(23-3)17(20)13(15)9-10-14(19)12-7-5-4-6-8-12/h4-11,20H,1-3H3. The zero-order valence-corrected chi connectivity index (χ0v) is 13.2. The quantitative estimate of drug-likeness (QED) is 0.654. The Morgan fingerprint density at radius 3 is 2.22 bits per heavy atom. The number of ketones is 1. The predicted octanol–water partition coefficient (Wildman–Crippen LogP) is 3.31. The molecule has 0 bridgehead atoms. The summed E-state index contributed by atoms with van der Waals surface area (Å²) < 4.78 is 15.6. The molecule has 0 radical (unpaired) electrons. The van der Waals surface area contributed by atoms with E-state index in [4.69, 9.17) is 14.2 Å². The van der Waals surface area contributed by atoms with Gasteiger partial charge in [0.05, 0.1) is 26.9 Å². The topological polar surface area (TPSA) is 65.0 Å². The fourth-order valence-electron chi connectivity index (χ4n) is 2.15. The lowest BCUT2D eigenvalue weighted by atomic mass is 10.1. The highest BCUT2D eigenvalue weighted by Gasteiger charge is 2.18. The van der Waals surface area contributed by atoms with Crippen molar-refractivity contribution in [3.8, 4) is 23.0 Å². The molecule has 120 valence electrons. The van der Waals surface area contributed by atoms with Crippen molar-refractivity contribution in [3.05, 3.63) is 53.6 Å². The van der Waals surface area contributed by atoms with Crippen molar-refractivity contribution in [1.29, 1.82) is 0 Å². The van der Waals surface area contributed by atoms with E-state index in [1.54, 1.807) is 30.3 Å². The van der Waals surface area contributed by atoms with Gasteiger partial charge in [-0.3, -0.25) is 4.79 Å². The van der Waals surface area contributed by atoms with Crippen LogP contribution in [0.25, 0.3) is 6.08 Å².